The molecular formula is C10H21N3O. The molecule has 1 rings (SSSR count). The van der Waals surface area contributed by atoms with Crippen LogP contribution in [0.4, 0.5) is 0 Å². The molecule has 1 aliphatic heterocycles. The van der Waals surface area contributed by atoms with Crippen molar-refractivity contribution in [3.8, 4) is 0 Å². The summed E-state index contributed by atoms with van der Waals surface area (Å²) in [6, 6.07) is -0.151. The summed E-state index contributed by atoms with van der Waals surface area (Å²) in [5.74, 6) is 0.139. The van der Waals surface area contributed by atoms with E-state index in [9.17, 15) is 4.79 Å². The highest BCUT2D eigenvalue weighted by Crippen LogP contribution is 2.22. The van der Waals surface area contributed by atoms with E-state index in [4.69, 9.17) is 5.73 Å². The molecule has 1 unspecified atom stereocenters. The van der Waals surface area contributed by atoms with Crippen LogP contribution in [-0.4, -0.2) is 55.5 Å². The number of amides is 1. The number of rotatable bonds is 1. The Hall–Kier alpha value is -0.610. The van der Waals surface area contributed by atoms with Gasteiger partial charge in [-0.3, -0.25) is 9.69 Å². The van der Waals surface area contributed by atoms with Gasteiger partial charge in [-0.15, -0.1) is 0 Å². The quantitative estimate of drug-likeness (QED) is 0.633. The van der Waals surface area contributed by atoms with Gasteiger partial charge in [0, 0.05) is 26.7 Å². The molecule has 82 valence electrons. The molecule has 4 nitrogen and oxygen atoms in total. The molecule has 0 aromatic heterocycles. The Morgan fingerprint density at radius 3 is 2.50 bits per heavy atom. The number of nitrogens with zero attached hydrogens (tertiary/aromatic N) is 2. The SMILES string of the molecule is CN1CC(C)(C)CN(C)C(CN)C1=O. The molecule has 1 amide bonds. The van der Waals surface area contributed by atoms with Crippen molar-refractivity contribution in [1.29, 1.82) is 0 Å². The molecule has 0 radical (unpaired) electrons. The third-order valence-corrected chi connectivity index (χ3v) is 2.76. The molecule has 1 heterocycles. The first kappa shape index (κ1) is 11.5. The maximum atomic E-state index is 11.9. The van der Waals surface area contributed by atoms with Gasteiger partial charge in [0.15, 0.2) is 0 Å². The first-order chi connectivity index (χ1) is 6.37. The molecule has 0 bridgehead atoms. The first-order valence-electron chi connectivity index (χ1n) is 5.03. The number of hydrogen-bond donors (Lipinski definition) is 1. The third kappa shape index (κ3) is 2.25. The lowest BCUT2D eigenvalue weighted by Gasteiger charge is -2.28. The van der Waals surface area contributed by atoms with Crippen LogP contribution in [0.25, 0.3) is 0 Å². The molecule has 0 spiro atoms. The Bertz CT molecular complexity index is 227. The molecule has 2 N–H and O–H groups in total. The summed E-state index contributed by atoms with van der Waals surface area (Å²) in [5.41, 5.74) is 5.76. The van der Waals surface area contributed by atoms with Crippen LogP contribution in [0.1, 0.15) is 13.8 Å². The summed E-state index contributed by atoms with van der Waals surface area (Å²) < 4.78 is 0. The smallest absolute Gasteiger partial charge is 0.240 e. The van der Waals surface area contributed by atoms with E-state index < -0.39 is 0 Å². The summed E-state index contributed by atoms with van der Waals surface area (Å²) >= 11 is 0. The van der Waals surface area contributed by atoms with Crippen LogP contribution in [0.5, 0.6) is 0 Å². The van der Waals surface area contributed by atoms with Crippen LogP contribution in [0.3, 0.4) is 0 Å². The summed E-state index contributed by atoms with van der Waals surface area (Å²) in [5, 5.41) is 0. The molecule has 1 atom stereocenters. The first-order valence-corrected chi connectivity index (χ1v) is 5.03. The van der Waals surface area contributed by atoms with E-state index >= 15 is 0 Å². The maximum absolute atomic E-state index is 11.9. The largest absolute Gasteiger partial charge is 0.344 e. The van der Waals surface area contributed by atoms with E-state index in [1.807, 2.05) is 14.1 Å². The van der Waals surface area contributed by atoms with Crippen molar-refractivity contribution >= 4 is 5.91 Å². The van der Waals surface area contributed by atoms with Gasteiger partial charge >= 0.3 is 0 Å². The zero-order chi connectivity index (χ0) is 10.9. The predicted octanol–water partition coefficient (Wildman–Crippen LogP) is -0.256. The summed E-state index contributed by atoms with van der Waals surface area (Å²) in [6.45, 7) is 6.45. The summed E-state index contributed by atoms with van der Waals surface area (Å²) in [6.07, 6.45) is 0. The topological polar surface area (TPSA) is 49.6 Å². The van der Waals surface area contributed by atoms with Crippen molar-refractivity contribution in [2.24, 2.45) is 11.1 Å². The average molecular weight is 199 g/mol. The van der Waals surface area contributed by atoms with E-state index in [0.717, 1.165) is 13.1 Å². The molecule has 1 aliphatic rings. The molecule has 0 aromatic rings. The van der Waals surface area contributed by atoms with Gasteiger partial charge in [0.1, 0.15) is 6.04 Å². The third-order valence-electron chi connectivity index (χ3n) is 2.76. The van der Waals surface area contributed by atoms with Gasteiger partial charge in [0.05, 0.1) is 0 Å². The Balaban J connectivity index is 2.88. The number of likely N-dealkylation sites (N-methyl/N-ethyl adjacent to an activating group) is 2. The second-order valence-electron chi connectivity index (χ2n) is 5.03. The Morgan fingerprint density at radius 1 is 1.43 bits per heavy atom. The lowest BCUT2D eigenvalue weighted by Crippen LogP contribution is -2.47. The minimum Gasteiger partial charge on any atom is -0.344 e. The zero-order valence-corrected chi connectivity index (χ0v) is 9.58. The van der Waals surface area contributed by atoms with Crippen LogP contribution in [0.2, 0.25) is 0 Å². The van der Waals surface area contributed by atoms with Crippen LogP contribution in [0.15, 0.2) is 0 Å². The predicted molar refractivity (Wildman–Crippen MR) is 56.9 cm³/mol. The molecular weight excluding hydrogens is 178 g/mol. The van der Waals surface area contributed by atoms with Gasteiger partial charge < -0.3 is 10.6 Å². The lowest BCUT2D eigenvalue weighted by atomic mass is 9.93. The van der Waals surface area contributed by atoms with E-state index in [1.165, 1.54) is 0 Å². The van der Waals surface area contributed by atoms with Crippen LogP contribution >= 0.6 is 0 Å². The molecule has 1 saturated heterocycles. The van der Waals surface area contributed by atoms with E-state index in [0.29, 0.717) is 6.54 Å². The van der Waals surface area contributed by atoms with Gasteiger partial charge in [-0.05, 0) is 12.5 Å². The fourth-order valence-corrected chi connectivity index (χ4v) is 2.28. The number of carbonyl (C=O) groups excluding carboxylic acids is 1. The Labute approximate surface area is 86.0 Å². The molecule has 0 aromatic carbocycles. The highest BCUT2D eigenvalue weighted by Gasteiger charge is 2.35. The van der Waals surface area contributed by atoms with E-state index in [1.54, 1.807) is 4.90 Å². The fraction of sp³-hybridized carbons (Fsp3) is 0.900. The standard InChI is InChI=1S/C10H21N3O/c1-10(2)6-12(3)8(5-11)9(14)13(4)7-10/h8H,5-7,11H2,1-4H3. The van der Waals surface area contributed by atoms with Crippen molar-refractivity contribution in [1.82, 2.24) is 9.80 Å². The van der Waals surface area contributed by atoms with Crippen molar-refractivity contribution in [3.05, 3.63) is 0 Å². The van der Waals surface area contributed by atoms with E-state index in [2.05, 4.69) is 18.7 Å². The number of nitrogens with two attached hydrogens (primary N) is 1. The Morgan fingerprint density at radius 2 is 2.00 bits per heavy atom. The van der Waals surface area contributed by atoms with Gasteiger partial charge in [0.2, 0.25) is 5.91 Å². The van der Waals surface area contributed by atoms with Gasteiger partial charge in [0.25, 0.3) is 0 Å². The molecule has 14 heavy (non-hydrogen) atoms. The van der Waals surface area contributed by atoms with Crippen molar-refractivity contribution in [2.75, 3.05) is 33.7 Å². The molecule has 1 fully saturated rings. The number of carbonyl (C=O) groups is 1. The van der Waals surface area contributed by atoms with E-state index in [-0.39, 0.29) is 17.4 Å². The van der Waals surface area contributed by atoms with Crippen molar-refractivity contribution in [3.63, 3.8) is 0 Å². The van der Waals surface area contributed by atoms with Crippen LogP contribution in [-0.2, 0) is 4.79 Å². The second-order valence-corrected chi connectivity index (χ2v) is 5.03. The van der Waals surface area contributed by atoms with Crippen LogP contribution < -0.4 is 5.73 Å². The summed E-state index contributed by atoms with van der Waals surface area (Å²) in [7, 11) is 3.82. The molecule has 0 aliphatic carbocycles. The van der Waals surface area contributed by atoms with Gasteiger partial charge in [-0.25, -0.2) is 0 Å². The highest BCUT2D eigenvalue weighted by molar-refractivity contribution is 5.82. The van der Waals surface area contributed by atoms with Crippen molar-refractivity contribution in [2.45, 2.75) is 19.9 Å². The Kier molecular flexibility index (Phi) is 3.17. The van der Waals surface area contributed by atoms with Gasteiger partial charge in [-0.2, -0.15) is 0 Å². The fourth-order valence-electron chi connectivity index (χ4n) is 2.28. The average Bonchev–Trinajstić information content (AvgIpc) is 2.08. The minimum atomic E-state index is -0.151. The summed E-state index contributed by atoms with van der Waals surface area (Å²) in [4.78, 5) is 15.7. The normalized spacial score (nSPS) is 29.1. The molecule has 0 saturated carbocycles. The lowest BCUT2D eigenvalue weighted by molar-refractivity contribution is -0.133. The second kappa shape index (κ2) is 3.87. The minimum absolute atomic E-state index is 0.139. The zero-order valence-electron chi connectivity index (χ0n) is 9.58. The van der Waals surface area contributed by atoms with Crippen LogP contribution in [0, 0.1) is 5.41 Å². The maximum Gasteiger partial charge on any atom is 0.240 e. The monoisotopic (exact) mass is 199 g/mol. The number of hydrogen-bond acceptors (Lipinski definition) is 3. The molecule has 4 heteroatoms. The van der Waals surface area contributed by atoms with Crippen molar-refractivity contribution < 1.29 is 4.79 Å². The van der Waals surface area contributed by atoms with Gasteiger partial charge in [-0.1, -0.05) is 13.8 Å². The highest BCUT2D eigenvalue weighted by atomic mass is 16.2.